The molecule has 9 rings (SSSR count). The van der Waals surface area contributed by atoms with Crippen LogP contribution in [0.5, 0.6) is 0 Å². The quantitative estimate of drug-likeness (QED) is 0.101. The van der Waals surface area contributed by atoms with Gasteiger partial charge in [-0.2, -0.15) is 0 Å². The zero-order valence-electron chi connectivity index (χ0n) is 38.4. The summed E-state index contributed by atoms with van der Waals surface area (Å²) in [5.41, 5.74) is 0. The molecular weight excluding hydrogens is 1250 g/mol. The number of halogens is 3. The van der Waals surface area contributed by atoms with Crippen LogP contribution in [0.15, 0.2) is 255 Å². The number of rotatable bonds is 15. The Morgan fingerprint density at radius 3 is 0.671 bits per heavy atom. The molecule has 9 aromatic rings. The van der Waals surface area contributed by atoms with Crippen LogP contribution in [0, 0.1) is 0 Å². The van der Waals surface area contributed by atoms with Crippen molar-refractivity contribution in [3.8, 4) is 0 Å². The van der Waals surface area contributed by atoms with Gasteiger partial charge in [-0.25, -0.2) is 0 Å². The molecule has 0 unspecified atom stereocenters. The van der Waals surface area contributed by atoms with E-state index in [-0.39, 0.29) is 12.8 Å². The second kappa shape index (κ2) is 26.3. The SMILES string of the molecule is Clc1cc[c]([Bi]([c]2ccc(Cl)cc2)[c]2ccc(Cl)cc2)cc1.O=C(O)C[CH2][Ge]([c]1ccccc1)([c]1ccccc1)[c]1ccccc1.O=C(O)C[CH2][Ge]([c]1ccccc1)([c]1ccccc1)[c]1ccccc1. The summed E-state index contributed by atoms with van der Waals surface area (Å²) in [5, 5.41) is 22.4. The monoisotopic (exact) mass is 1300 g/mol. The Morgan fingerprint density at radius 1 is 0.314 bits per heavy atom. The van der Waals surface area contributed by atoms with Gasteiger partial charge in [0.15, 0.2) is 0 Å². The van der Waals surface area contributed by atoms with Crippen LogP contribution in [-0.4, -0.2) is 70.4 Å². The Kier molecular flexibility index (Phi) is 19.7. The Hall–Kier alpha value is -5.24. The topological polar surface area (TPSA) is 74.6 Å². The molecule has 9 aromatic carbocycles. The summed E-state index contributed by atoms with van der Waals surface area (Å²) in [6, 6.07) is 87.5. The molecule has 4 nitrogen and oxygen atoms in total. The van der Waals surface area contributed by atoms with Gasteiger partial charge in [0, 0.05) is 0 Å². The number of hydrogen-bond donors (Lipinski definition) is 2. The Balaban J connectivity index is 0.000000155. The number of carboxylic acids is 2. The van der Waals surface area contributed by atoms with Gasteiger partial charge in [-0.1, -0.05) is 0 Å². The fourth-order valence-electron chi connectivity index (χ4n) is 9.01. The van der Waals surface area contributed by atoms with Gasteiger partial charge in [0.2, 0.25) is 0 Å². The molecule has 0 aliphatic carbocycles. The van der Waals surface area contributed by atoms with Crippen molar-refractivity contribution >= 4 is 131 Å². The van der Waals surface area contributed by atoms with Crippen LogP contribution in [0.1, 0.15) is 12.8 Å². The third-order valence-corrected chi connectivity index (χ3v) is 43.3. The molecule has 0 radical (unpaired) electrons. The molecule has 0 bridgehead atoms. The van der Waals surface area contributed by atoms with Crippen LogP contribution in [0.3, 0.4) is 0 Å². The molecule has 0 amide bonds. The number of carboxylic acid groups (broad SMARTS) is 2. The van der Waals surface area contributed by atoms with E-state index in [1.54, 1.807) is 0 Å². The minimum absolute atomic E-state index is 0.193. The summed E-state index contributed by atoms with van der Waals surface area (Å²) in [7, 11) is 0. The average Bonchev–Trinajstić information content (AvgIpc) is 3.41. The molecule has 0 fully saturated rings. The third kappa shape index (κ3) is 13.6. The summed E-state index contributed by atoms with van der Waals surface area (Å²) >= 11 is 9.73. The molecular formula is C60H52BiCl3Ge2O4. The average molecular weight is 1300 g/mol. The van der Waals surface area contributed by atoms with E-state index in [4.69, 9.17) is 34.8 Å². The van der Waals surface area contributed by atoms with Gasteiger partial charge >= 0.3 is 444 Å². The van der Waals surface area contributed by atoms with Crippen LogP contribution in [0.4, 0.5) is 0 Å². The van der Waals surface area contributed by atoms with Crippen molar-refractivity contribution in [2.75, 3.05) is 0 Å². The molecule has 10 heteroatoms. The van der Waals surface area contributed by atoms with E-state index in [0.29, 0.717) is 10.5 Å². The van der Waals surface area contributed by atoms with Crippen molar-refractivity contribution in [1.82, 2.24) is 0 Å². The van der Waals surface area contributed by atoms with Crippen molar-refractivity contribution in [3.05, 3.63) is 270 Å². The van der Waals surface area contributed by atoms with Crippen LogP contribution in [0.25, 0.3) is 0 Å². The second-order valence-electron chi connectivity index (χ2n) is 16.6. The van der Waals surface area contributed by atoms with E-state index in [1.165, 1.54) is 36.2 Å². The van der Waals surface area contributed by atoms with Gasteiger partial charge in [0.1, 0.15) is 0 Å². The predicted octanol–water partition coefficient (Wildman–Crippen LogP) is 9.43. The third-order valence-electron chi connectivity index (χ3n) is 12.3. The normalized spacial score (nSPS) is 11.1. The zero-order chi connectivity index (χ0) is 49.2. The van der Waals surface area contributed by atoms with Crippen LogP contribution in [-0.2, 0) is 9.59 Å². The number of hydrogen-bond acceptors (Lipinski definition) is 2. The van der Waals surface area contributed by atoms with Crippen molar-refractivity contribution < 1.29 is 19.8 Å². The first-order valence-electron chi connectivity index (χ1n) is 22.9. The summed E-state index contributed by atoms with van der Waals surface area (Å²) in [6.45, 7) is 0. The number of aliphatic carboxylic acids is 2. The molecule has 0 aliphatic rings. The van der Waals surface area contributed by atoms with Crippen molar-refractivity contribution in [2.45, 2.75) is 23.3 Å². The fraction of sp³-hybridized carbons (Fsp3) is 0.0667. The van der Waals surface area contributed by atoms with Gasteiger partial charge < -0.3 is 0 Å². The molecule has 0 atom stereocenters. The van der Waals surface area contributed by atoms with Gasteiger partial charge in [0.25, 0.3) is 0 Å². The predicted molar refractivity (Wildman–Crippen MR) is 301 cm³/mol. The van der Waals surface area contributed by atoms with E-state index in [9.17, 15) is 19.8 Å². The van der Waals surface area contributed by atoms with E-state index < -0.39 is 60.2 Å². The van der Waals surface area contributed by atoms with E-state index in [0.717, 1.165) is 15.1 Å². The Labute approximate surface area is 440 Å². The molecule has 0 aliphatic heterocycles. The molecule has 0 heterocycles. The van der Waals surface area contributed by atoms with E-state index in [2.05, 4.69) is 182 Å². The first-order chi connectivity index (χ1) is 34.1. The maximum atomic E-state index is 11.4. The second-order valence-corrected chi connectivity index (χ2v) is 43.5. The maximum absolute atomic E-state index is 11.4. The summed E-state index contributed by atoms with van der Waals surface area (Å²) in [6.07, 6.45) is 0.386. The van der Waals surface area contributed by atoms with Crippen LogP contribution in [0.2, 0.25) is 25.6 Å². The zero-order valence-corrected chi connectivity index (χ0v) is 48.3. The molecule has 2 N–H and O–H groups in total. The van der Waals surface area contributed by atoms with Gasteiger partial charge in [0.05, 0.1) is 0 Å². The van der Waals surface area contributed by atoms with Gasteiger partial charge in [-0.05, 0) is 0 Å². The van der Waals surface area contributed by atoms with Gasteiger partial charge in [-0.3, -0.25) is 0 Å². The summed E-state index contributed by atoms with van der Waals surface area (Å²) in [5.74, 6) is -1.46. The standard InChI is InChI=1S/2C21H20GeO2.3C6H4Cl.Bi/c2*23-21(24)16-17-22(18-10-4-1-5-11-18,19-12-6-2-7-13-19)20-14-8-3-9-15-20;3*7-6-4-2-1-3-5-6;/h2*1-15H,16-17H2,(H,23,24);3*2-5H;. The first-order valence-corrected chi connectivity index (χ1v) is 38.5. The minimum atomic E-state index is -3.03. The molecule has 0 spiro atoms. The Morgan fingerprint density at radius 2 is 0.500 bits per heavy atom. The molecule has 0 saturated carbocycles. The van der Waals surface area contributed by atoms with Crippen LogP contribution < -0.4 is 36.2 Å². The first kappa shape index (κ1) is 52.6. The Bertz CT molecular complexity index is 2550. The number of carbonyl (C=O) groups is 2. The van der Waals surface area contributed by atoms with Crippen molar-refractivity contribution in [1.29, 1.82) is 0 Å². The van der Waals surface area contributed by atoms with E-state index >= 15 is 0 Å². The molecule has 350 valence electrons. The van der Waals surface area contributed by atoms with Crippen molar-refractivity contribution in [2.24, 2.45) is 0 Å². The molecule has 70 heavy (non-hydrogen) atoms. The van der Waals surface area contributed by atoms with Gasteiger partial charge in [-0.15, -0.1) is 0 Å². The summed E-state index contributed by atoms with van der Waals surface area (Å²) < 4.78 is 11.9. The number of benzene rings is 9. The van der Waals surface area contributed by atoms with Crippen molar-refractivity contribution in [3.63, 3.8) is 0 Å². The summed E-state index contributed by atoms with van der Waals surface area (Å²) in [4.78, 5) is 22.7. The van der Waals surface area contributed by atoms with E-state index in [1.807, 2.05) is 72.8 Å². The van der Waals surface area contributed by atoms with Crippen LogP contribution >= 0.6 is 34.8 Å². The molecule has 0 saturated heterocycles. The fourth-order valence-corrected chi connectivity index (χ4v) is 38.0. The molecule has 0 aromatic heterocycles.